The van der Waals surface area contributed by atoms with E-state index in [9.17, 15) is 0 Å². The van der Waals surface area contributed by atoms with E-state index in [1.54, 1.807) is 0 Å². The molecule has 0 aliphatic carbocycles. The average molecular weight is 109 g/mol. The Morgan fingerprint density at radius 3 is 1.86 bits per heavy atom. The van der Waals surface area contributed by atoms with Crippen LogP contribution < -0.4 is 5.73 Å². The van der Waals surface area contributed by atoms with E-state index in [0.29, 0.717) is 6.54 Å². The Bertz CT molecular complexity index is 17.7. The van der Waals surface area contributed by atoms with Crippen LogP contribution in [0.3, 0.4) is 0 Å². The molecule has 0 aromatic rings. The van der Waals surface area contributed by atoms with E-state index in [0.717, 1.165) is 0 Å². The summed E-state index contributed by atoms with van der Waals surface area (Å²) < 4.78 is 0. The molecule has 0 aliphatic rings. The maximum Gasteiger partial charge on any atom is 0.0710 e. The molecule has 7 heavy (non-hydrogen) atoms. The molecular weight excluding hydrogens is 98.0 g/mol. The van der Waals surface area contributed by atoms with E-state index in [1.165, 1.54) is 7.11 Å². The minimum absolute atomic E-state index is 0.0972. The molecule has 46 valence electrons. The van der Waals surface area contributed by atoms with E-state index < -0.39 is 0 Å². The molecule has 0 unspecified atom stereocenters. The van der Waals surface area contributed by atoms with Gasteiger partial charge in [0.25, 0.3) is 0 Å². The lowest BCUT2D eigenvalue weighted by atomic mass is 10.8. The Labute approximate surface area is 42.4 Å². The highest BCUT2D eigenvalue weighted by molar-refractivity contribution is 4.17. The van der Waals surface area contributed by atoms with Gasteiger partial charge in [0.05, 0.1) is 13.7 Å². The van der Waals surface area contributed by atoms with Crippen LogP contribution in [0.5, 0.6) is 0 Å². The highest BCUT2D eigenvalue weighted by Gasteiger charge is 1.56. The minimum atomic E-state index is 0.0972. The van der Waals surface area contributed by atoms with Gasteiger partial charge in [-0.2, -0.15) is 0 Å². The third-order valence-electron chi connectivity index (χ3n) is 0.129. The quantitative estimate of drug-likeness (QED) is 0.299. The molecule has 4 heteroatoms. The van der Waals surface area contributed by atoms with Crippen molar-refractivity contribution in [3.63, 3.8) is 0 Å². The van der Waals surface area contributed by atoms with Crippen molar-refractivity contribution >= 4 is 0 Å². The molecule has 4 N–H and O–H groups in total. The molecule has 0 radical (unpaired) electrons. The summed E-state index contributed by atoms with van der Waals surface area (Å²) in [5.74, 6) is 0. The van der Waals surface area contributed by atoms with Crippen LogP contribution >= 0.6 is 0 Å². The van der Waals surface area contributed by atoms with Crippen molar-refractivity contribution in [1.82, 2.24) is 0 Å². The maximum atomic E-state index is 7.75. The number of rotatable bonds is 1. The summed E-state index contributed by atoms with van der Waals surface area (Å²) in [4.78, 5) is 3.25. The monoisotopic (exact) mass is 109 g/mol. The van der Waals surface area contributed by atoms with Crippen LogP contribution in [0.2, 0.25) is 0 Å². The van der Waals surface area contributed by atoms with E-state index in [4.69, 9.17) is 16.1 Å². The molecule has 4 nitrogen and oxygen atoms in total. The van der Waals surface area contributed by atoms with Crippen LogP contribution in [0.1, 0.15) is 0 Å². The molecule has 0 spiro atoms. The van der Waals surface area contributed by atoms with Crippen LogP contribution in [0.4, 0.5) is 0 Å². The van der Waals surface area contributed by atoms with E-state index in [-0.39, 0.29) is 6.61 Å². The molecule has 0 heterocycles. The number of nitrogens with two attached hydrogens (primary N) is 1. The van der Waals surface area contributed by atoms with Crippen molar-refractivity contribution < 1.29 is 15.3 Å². The van der Waals surface area contributed by atoms with Gasteiger partial charge in [-0.3, -0.25) is 5.26 Å². The summed E-state index contributed by atoms with van der Waals surface area (Å²) in [6.45, 7) is 0.472. The first kappa shape index (κ1) is 9.96. The summed E-state index contributed by atoms with van der Waals surface area (Å²) >= 11 is 0. The van der Waals surface area contributed by atoms with Crippen molar-refractivity contribution in [2.24, 2.45) is 5.73 Å². The van der Waals surface area contributed by atoms with Gasteiger partial charge in [-0.05, 0) is 0 Å². The normalized spacial score (nSPS) is 6.86. The van der Waals surface area contributed by atoms with Gasteiger partial charge in [-0.15, -0.1) is 0 Å². The number of aliphatic hydroxyl groups excluding tert-OH is 1. The first-order valence-electron chi connectivity index (χ1n) is 1.82. The lowest BCUT2D eigenvalue weighted by Gasteiger charge is -1.71. The molecule has 0 aromatic carbocycles. The van der Waals surface area contributed by atoms with Crippen LogP contribution in [-0.2, 0) is 4.89 Å². The third-order valence-corrected chi connectivity index (χ3v) is 0.129. The van der Waals surface area contributed by atoms with Crippen molar-refractivity contribution in [3.05, 3.63) is 0 Å². The molecule has 0 bridgehead atoms. The van der Waals surface area contributed by atoms with Crippen molar-refractivity contribution in [3.8, 4) is 0 Å². The van der Waals surface area contributed by atoms with Gasteiger partial charge in [-0.1, -0.05) is 0 Å². The topological polar surface area (TPSA) is 75.7 Å². The predicted molar refractivity (Wildman–Crippen MR) is 25.8 cm³/mol. The SMILES string of the molecule is COO.NCCO. The highest BCUT2D eigenvalue weighted by Crippen LogP contribution is 1.33. The van der Waals surface area contributed by atoms with Gasteiger partial charge in [-0.25, -0.2) is 4.89 Å². The zero-order chi connectivity index (χ0) is 6.12. The van der Waals surface area contributed by atoms with Gasteiger partial charge in [0.2, 0.25) is 0 Å². The fourth-order valence-corrected chi connectivity index (χ4v) is 0. The Kier molecular flexibility index (Phi) is 24.1. The third kappa shape index (κ3) is 122. The van der Waals surface area contributed by atoms with Gasteiger partial charge in [0.15, 0.2) is 0 Å². The largest absolute Gasteiger partial charge is 0.395 e. The van der Waals surface area contributed by atoms with Gasteiger partial charge >= 0.3 is 0 Å². The summed E-state index contributed by atoms with van der Waals surface area (Å²) in [6, 6.07) is 0. The Balaban J connectivity index is 0. The lowest BCUT2D eigenvalue weighted by Crippen LogP contribution is -2.02. The Hall–Kier alpha value is -0.160. The first-order valence-corrected chi connectivity index (χ1v) is 1.82. The Morgan fingerprint density at radius 1 is 1.71 bits per heavy atom. The summed E-state index contributed by atoms with van der Waals surface area (Å²) in [7, 11) is 1.18. The number of hydrogen-bond donors (Lipinski definition) is 3. The standard InChI is InChI=1S/C2H7NO.CH4O2/c3-1-2-4;1-3-2/h4H,1-3H2;2H,1H3. The molecule has 0 aliphatic heterocycles. The summed E-state index contributed by atoms with van der Waals surface area (Å²) in [5.41, 5.74) is 4.78. The van der Waals surface area contributed by atoms with Crippen LogP contribution in [0, 0.1) is 0 Å². The molecule has 0 amide bonds. The van der Waals surface area contributed by atoms with Crippen LogP contribution in [-0.4, -0.2) is 30.6 Å². The van der Waals surface area contributed by atoms with Crippen LogP contribution in [0.25, 0.3) is 0 Å². The van der Waals surface area contributed by atoms with E-state index in [2.05, 4.69) is 4.89 Å². The fraction of sp³-hybridized carbons (Fsp3) is 1.00. The predicted octanol–water partition coefficient (Wildman–Crippen LogP) is -0.957. The molecule has 0 fully saturated rings. The zero-order valence-corrected chi connectivity index (χ0v) is 4.29. The van der Waals surface area contributed by atoms with Crippen molar-refractivity contribution in [2.45, 2.75) is 0 Å². The lowest BCUT2D eigenvalue weighted by molar-refractivity contribution is -0.214. The molecule has 0 saturated carbocycles. The van der Waals surface area contributed by atoms with Crippen molar-refractivity contribution in [2.75, 3.05) is 20.3 Å². The second-order valence-electron chi connectivity index (χ2n) is 0.695. The second kappa shape index (κ2) is 17.0. The molecule has 0 saturated heterocycles. The summed E-state index contributed by atoms with van der Waals surface area (Å²) in [6.07, 6.45) is 0. The van der Waals surface area contributed by atoms with Gasteiger partial charge < -0.3 is 10.8 Å². The molecule has 0 aromatic heterocycles. The van der Waals surface area contributed by atoms with Crippen molar-refractivity contribution in [1.29, 1.82) is 0 Å². The molecule has 0 atom stereocenters. The average Bonchev–Trinajstić information content (AvgIpc) is 1.69. The number of aliphatic hydroxyl groups is 1. The first-order chi connectivity index (χ1) is 3.33. The highest BCUT2D eigenvalue weighted by atomic mass is 17.1. The zero-order valence-electron chi connectivity index (χ0n) is 4.29. The minimum Gasteiger partial charge on any atom is -0.395 e. The van der Waals surface area contributed by atoms with Crippen LogP contribution in [0.15, 0.2) is 0 Å². The second-order valence-corrected chi connectivity index (χ2v) is 0.695. The molecular formula is C3H11NO3. The van der Waals surface area contributed by atoms with E-state index >= 15 is 0 Å². The maximum absolute atomic E-state index is 7.75. The van der Waals surface area contributed by atoms with Gasteiger partial charge in [0.1, 0.15) is 0 Å². The molecule has 0 rings (SSSR count). The fourth-order valence-electron chi connectivity index (χ4n) is 0. The van der Waals surface area contributed by atoms with Gasteiger partial charge in [0, 0.05) is 6.54 Å². The Morgan fingerprint density at radius 2 is 1.86 bits per heavy atom. The van der Waals surface area contributed by atoms with E-state index in [1.807, 2.05) is 0 Å². The smallest absolute Gasteiger partial charge is 0.0710 e. The number of hydrogen-bond acceptors (Lipinski definition) is 4. The summed E-state index contributed by atoms with van der Waals surface area (Å²) in [5, 5.41) is 14.8.